The fraction of sp³-hybridized carbons (Fsp3) is 0.538. The zero-order valence-corrected chi connectivity index (χ0v) is 13.0. The molecule has 0 saturated carbocycles. The Balaban J connectivity index is 2.35. The van der Waals surface area contributed by atoms with Crippen molar-refractivity contribution >= 4 is 28.9 Å². The molecule has 10 nitrogen and oxygen atoms in total. The van der Waals surface area contributed by atoms with Crippen molar-refractivity contribution in [2.45, 2.75) is 26.7 Å². The Morgan fingerprint density at radius 2 is 2.13 bits per heavy atom. The molecule has 0 saturated heterocycles. The molecular weight excluding hydrogens is 304 g/mol. The van der Waals surface area contributed by atoms with E-state index in [4.69, 9.17) is 26.0 Å². The van der Waals surface area contributed by atoms with Gasteiger partial charge < -0.3 is 26.0 Å². The maximum atomic E-state index is 11.9. The van der Waals surface area contributed by atoms with Gasteiger partial charge in [-0.3, -0.25) is 9.36 Å². The van der Waals surface area contributed by atoms with E-state index in [-0.39, 0.29) is 30.9 Å². The lowest BCUT2D eigenvalue weighted by molar-refractivity contribution is -0.205. The first-order valence-electron chi connectivity index (χ1n) is 7.12. The minimum atomic E-state index is -1.09. The lowest BCUT2D eigenvalue weighted by Crippen LogP contribution is -2.23. The number of rotatable bonds is 7. The fourth-order valence-electron chi connectivity index (χ4n) is 1.77. The molecular formula is C13H20N6O4. The zero-order chi connectivity index (χ0) is 17.0. The third kappa shape index (κ3) is 3.85. The van der Waals surface area contributed by atoms with Crippen molar-refractivity contribution in [2.75, 3.05) is 24.7 Å². The third-order valence-electron chi connectivity index (χ3n) is 2.94. The number of aliphatic hydroxyl groups excluding tert-OH is 1. The first-order chi connectivity index (χ1) is 10.9. The number of aliphatic hydroxyl groups is 1. The van der Waals surface area contributed by atoms with Crippen LogP contribution in [0.25, 0.3) is 11.2 Å². The third-order valence-corrected chi connectivity index (χ3v) is 2.94. The minimum absolute atomic E-state index is 0.0268. The Kier molecular flexibility index (Phi) is 5.29. The van der Waals surface area contributed by atoms with Crippen molar-refractivity contribution < 1.29 is 19.4 Å². The summed E-state index contributed by atoms with van der Waals surface area (Å²) in [6.45, 7) is 3.55. The van der Waals surface area contributed by atoms with Gasteiger partial charge >= 0.3 is 5.97 Å². The molecule has 0 bridgehead atoms. The summed E-state index contributed by atoms with van der Waals surface area (Å²) in [6, 6.07) is 0. The molecule has 0 aliphatic rings. The quantitative estimate of drug-likeness (QED) is 0.364. The van der Waals surface area contributed by atoms with Gasteiger partial charge in [0.1, 0.15) is 6.33 Å². The molecule has 0 radical (unpaired) electrons. The van der Waals surface area contributed by atoms with E-state index in [0.29, 0.717) is 17.6 Å². The number of aromatic nitrogens is 4. The van der Waals surface area contributed by atoms with Crippen molar-refractivity contribution in [1.29, 1.82) is 0 Å². The van der Waals surface area contributed by atoms with Gasteiger partial charge in [0.2, 0.25) is 5.95 Å². The van der Waals surface area contributed by atoms with Crippen LogP contribution in [0.1, 0.15) is 26.7 Å². The molecule has 5 N–H and O–H groups in total. The van der Waals surface area contributed by atoms with Crippen LogP contribution in [0.5, 0.6) is 0 Å². The van der Waals surface area contributed by atoms with Crippen molar-refractivity contribution in [1.82, 2.24) is 19.5 Å². The summed E-state index contributed by atoms with van der Waals surface area (Å²) in [7, 11) is 0. The number of esters is 1. The number of imidazole rings is 1. The zero-order valence-electron chi connectivity index (χ0n) is 13.0. The van der Waals surface area contributed by atoms with Gasteiger partial charge in [0.05, 0.1) is 12.5 Å². The van der Waals surface area contributed by atoms with Crippen molar-refractivity contribution in [2.24, 2.45) is 5.92 Å². The van der Waals surface area contributed by atoms with Crippen LogP contribution in [0.15, 0.2) is 6.33 Å². The van der Waals surface area contributed by atoms with Crippen LogP contribution in [0.4, 0.5) is 11.8 Å². The van der Waals surface area contributed by atoms with Gasteiger partial charge in [-0.05, 0) is 6.42 Å². The number of carbonyl (C=O) groups is 1. The van der Waals surface area contributed by atoms with Gasteiger partial charge in [0.15, 0.2) is 17.0 Å². The first-order valence-corrected chi connectivity index (χ1v) is 7.12. The summed E-state index contributed by atoms with van der Waals surface area (Å²) < 4.78 is 12.2. The highest BCUT2D eigenvalue weighted by molar-refractivity contribution is 5.82. The number of carbonyl (C=O) groups excluding carboxylic acids is 1. The number of nitrogens with two attached hydrogens (primary N) is 2. The molecule has 2 rings (SSSR count). The monoisotopic (exact) mass is 324 g/mol. The van der Waals surface area contributed by atoms with E-state index in [1.54, 1.807) is 13.8 Å². The van der Waals surface area contributed by atoms with Crippen LogP contribution < -0.4 is 11.5 Å². The van der Waals surface area contributed by atoms with Crippen LogP contribution >= 0.6 is 0 Å². The minimum Gasteiger partial charge on any atom is -0.415 e. The van der Waals surface area contributed by atoms with Crippen molar-refractivity contribution in [3.63, 3.8) is 0 Å². The molecule has 10 heteroatoms. The largest absolute Gasteiger partial charge is 0.415 e. The van der Waals surface area contributed by atoms with E-state index in [1.165, 1.54) is 10.9 Å². The molecule has 2 aromatic heterocycles. The van der Waals surface area contributed by atoms with Gasteiger partial charge in [0, 0.05) is 6.61 Å². The number of hydrogen-bond donors (Lipinski definition) is 3. The van der Waals surface area contributed by atoms with E-state index < -0.39 is 12.4 Å². The molecule has 126 valence electrons. The second-order valence-electron chi connectivity index (χ2n) is 5.14. The first kappa shape index (κ1) is 16.9. The van der Waals surface area contributed by atoms with Gasteiger partial charge in [-0.1, -0.05) is 13.8 Å². The molecule has 23 heavy (non-hydrogen) atoms. The Labute approximate surface area is 132 Å². The van der Waals surface area contributed by atoms with Gasteiger partial charge in [-0.15, -0.1) is 0 Å². The average Bonchev–Trinajstić information content (AvgIpc) is 2.90. The lowest BCUT2D eigenvalue weighted by Gasteiger charge is -2.20. The lowest BCUT2D eigenvalue weighted by atomic mass is 10.2. The Morgan fingerprint density at radius 1 is 1.39 bits per heavy atom. The van der Waals surface area contributed by atoms with Crippen LogP contribution in [-0.4, -0.2) is 43.8 Å². The highest BCUT2D eigenvalue weighted by atomic mass is 16.7. The Bertz CT molecular complexity index is 686. The maximum absolute atomic E-state index is 11.9. The topological polar surface area (TPSA) is 151 Å². The SMILES string of the molecule is CC(C)C(=O)OC(OCCCO)n1cnc2c(N)nc(N)nc21. The van der Waals surface area contributed by atoms with E-state index in [0.717, 1.165) is 0 Å². The molecule has 0 amide bonds. The van der Waals surface area contributed by atoms with Gasteiger partial charge in [-0.25, -0.2) is 4.98 Å². The molecule has 0 fully saturated rings. The second kappa shape index (κ2) is 7.20. The van der Waals surface area contributed by atoms with Crippen molar-refractivity contribution in [3.8, 4) is 0 Å². The summed E-state index contributed by atoms with van der Waals surface area (Å²) in [6.07, 6.45) is 0.684. The average molecular weight is 324 g/mol. The molecule has 0 aromatic carbocycles. The van der Waals surface area contributed by atoms with Gasteiger partial charge in [0.25, 0.3) is 6.41 Å². The smallest absolute Gasteiger partial charge is 0.312 e. The number of nitrogens with zero attached hydrogens (tertiary/aromatic N) is 4. The molecule has 0 spiro atoms. The summed E-state index contributed by atoms with van der Waals surface area (Å²) >= 11 is 0. The molecule has 1 atom stereocenters. The normalized spacial score (nSPS) is 12.7. The number of anilines is 2. The summed E-state index contributed by atoms with van der Waals surface area (Å²) in [4.78, 5) is 23.9. The number of ether oxygens (including phenoxy) is 2. The predicted octanol–water partition coefficient (Wildman–Crippen LogP) is 0.0450. The fourth-order valence-corrected chi connectivity index (χ4v) is 1.77. The molecule has 0 aliphatic carbocycles. The van der Waals surface area contributed by atoms with Crippen LogP contribution in [-0.2, 0) is 14.3 Å². The number of hydrogen-bond acceptors (Lipinski definition) is 9. The van der Waals surface area contributed by atoms with E-state index in [1.807, 2.05) is 0 Å². The van der Waals surface area contributed by atoms with Gasteiger partial charge in [-0.2, -0.15) is 9.97 Å². The van der Waals surface area contributed by atoms with E-state index in [2.05, 4.69) is 15.0 Å². The summed E-state index contributed by atoms with van der Waals surface area (Å²) in [5.41, 5.74) is 12.0. The molecule has 2 aromatic rings. The predicted molar refractivity (Wildman–Crippen MR) is 81.8 cm³/mol. The van der Waals surface area contributed by atoms with Crippen LogP contribution in [0, 0.1) is 5.92 Å². The maximum Gasteiger partial charge on any atom is 0.312 e. The summed E-state index contributed by atoms with van der Waals surface area (Å²) in [5.74, 6) is -0.689. The van der Waals surface area contributed by atoms with E-state index >= 15 is 0 Å². The van der Waals surface area contributed by atoms with Crippen LogP contribution in [0.2, 0.25) is 0 Å². The summed E-state index contributed by atoms with van der Waals surface area (Å²) in [5, 5.41) is 8.86. The van der Waals surface area contributed by atoms with E-state index in [9.17, 15) is 4.79 Å². The Hall–Kier alpha value is -2.46. The van der Waals surface area contributed by atoms with Crippen LogP contribution in [0.3, 0.4) is 0 Å². The molecule has 0 aliphatic heterocycles. The number of fused-ring (bicyclic) bond motifs is 1. The molecule has 1 unspecified atom stereocenters. The second-order valence-corrected chi connectivity index (χ2v) is 5.14. The highest BCUT2D eigenvalue weighted by Gasteiger charge is 2.23. The molecule has 2 heterocycles. The number of nitrogen functional groups attached to an aromatic ring is 2. The van der Waals surface area contributed by atoms with Crippen molar-refractivity contribution in [3.05, 3.63) is 6.33 Å². The Morgan fingerprint density at radius 3 is 2.78 bits per heavy atom. The standard InChI is InChI=1S/C13H20N6O4/c1-7(2)11(21)23-13(22-5-3-4-20)19-6-16-8-9(14)17-12(15)18-10(8)19/h6-7,13,20H,3-5H2,1-2H3,(H4,14,15,17,18). The highest BCUT2D eigenvalue weighted by Crippen LogP contribution is 2.23.